The van der Waals surface area contributed by atoms with Gasteiger partial charge >= 0.3 is 0 Å². The molecule has 0 spiro atoms. The van der Waals surface area contributed by atoms with Gasteiger partial charge in [-0.05, 0) is 56.8 Å². The maximum Gasteiger partial charge on any atom is 0.123 e. The molecule has 5 heteroatoms. The molecule has 0 amide bonds. The van der Waals surface area contributed by atoms with Crippen molar-refractivity contribution in [2.24, 2.45) is 5.73 Å². The molecule has 0 heterocycles. The molecule has 1 unspecified atom stereocenters. The van der Waals surface area contributed by atoms with Crippen LogP contribution in [0.4, 0.5) is 4.39 Å². The van der Waals surface area contributed by atoms with Crippen molar-refractivity contribution in [3.63, 3.8) is 0 Å². The summed E-state index contributed by atoms with van der Waals surface area (Å²) in [6.07, 6.45) is 4.38. The third kappa shape index (κ3) is 6.45. The van der Waals surface area contributed by atoms with Crippen LogP contribution in [0, 0.1) is 5.82 Å². The zero-order valence-electron chi connectivity index (χ0n) is 13.7. The van der Waals surface area contributed by atoms with Crippen molar-refractivity contribution in [3.05, 3.63) is 42.4 Å². The third-order valence-corrected chi connectivity index (χ3v) is 3.40. The van der Waals surface area contributed by atoms with Gasteiger partial charge in [-0.3, -0.25) is 4.90 Å². The van der Waals surface area contributed by atoms with Crippen LogP contribution in [-0.4, -0.2) is 43.9 Å². The zero-order chi connectivity index (χ0) is 16.4. The number of benzene rings is 1. The zero-order valence-corrected chi connectivity index (χ0v) is 13.7. The van der Waals surface area contributed by atoms with Crippen LogP contribution in [0.15, 0.2) is 36.5 Å². The van der Waals surface area contributed by atoms with Crippen molar-refractivity contribution in [1.82, 2.24) is 4.90 Å². The topological polar surface area (TPSA) is 47.7 Å². The van der Waals surface area contributed by atoms with Gasteiger partial charge in [-0.15, -0.1) is 0 Å². The Balaban J connectivity index is 2.45. The maximum atomic E-state index is 12.8. The molecule has 0 aliphatic carbocycles. The number of methoxy groups -OCH3 is 1. The van der Waals surface area contributed by atoms with Gasteiger partial charge in [0, 0.05) is 19.7 Å². The minimum Gasteiger partial charge on any atom is -0.494 e. The Morgan fingerprint density at radius 3 is 2.50 bits per heavy atom. The van der Waals surface area contributed by atoms with E-state index < -0.39 is 0 Å². The second kappa shape index (κ2) is 10.2. The van der Waals surface area contributed by atoms with E-state index in [1.807, 2.05) is 6.08 Å². The van der Waals surface area contributed by atoms with Crippen LogP contribution in [0.25, 0.3) is 0 Å². The Hall–Kier alpha value is -1.59. The maximum absolute atomic E-state index is 12.8. The molecule has 0 bridgehead atoms. The molecule has 0 radical (unpaired) electrons. The van der Waals surface area contributed by atoms with E-state index in [-0.39, 0.29) is 11.9 Å². The molecular weight excluding hydrogens is 283 g/mol. The predicted octanol–water partition coefficient (Wildman–Crippen LogP) is 2.79. The fourth-order valence-corrected chi connectivity index (χ4v) is 2.34. The van der Waals surface area contributed by atoms with Gasteiger partial charge in [-0.25, -0.2) is 4.39 Å². The smallest absolute Gasteiger partial charge is 0.123 e. The fraction of sp³-hybridized carbons (Fsp3) is 0.529. The van der Waals surface area contributed by atoms with E-state index in [9.17, 15) is 4.39 Å². The van der Waals surface area contributed by atoms with Gasteiger partial charge in [-0.1, -0.05) is 0 Å². The second-order valence-corrected chi connectivity index (χ2v) is 5.40. The standard InChI is InChI=1S/C17H27FN2O2/c1-14(2)20(16(9-10-19)13-21-3)11-4-12-22-17-7-5-15(18)6-8-17/h5-10,14,16H,4,11-13,19H2,1-3H3/b10-9+. The third-order valence-electron chi connectivity index (χ3n) is 3.40. The summed E-state index contributed by atoms with van der Waals surface area (Å²) in [4.78, 5) is 2.32. The van der Waals surface area contributed by atoms with Gasteiger partial charge in [0.2, 0.25) is 0 Å². The quantitative estimate of drug-likeness (QED) is 0.675. The van der Waals surface area contributed by atoms with E-state index in [0.717, 1.165) is 13.0 Å². The SMILES string of the molecule is COCC(/C=C/N)N(CCCOc1ccc(F)cc1)C(C)C. The highest BCUT2D eigenvalue weighted by molar-refractivity contribution is 5.21. The number of halogens is 1. The van der Waals surface area contributed by atoms with Crippen molar-refractivity contribution in [2.75, 3.05) is 26.9 Å². The first-order chi connectivity index (χ1) is 10.6. The van der Waals surface area contributed by atoms with E-state index in [0.29, 0.717) is 25.0 Å². The van der Waals surface area contributed by atoms with Crippen molar-refractivity contribution in [1.29, 1.82) is 0 Å². The molecule has 1 atom stereocenters. The van der Waals surface area contributed by atoms with Gasteiger partial charge in [0.1, 0.15) is 11.6 Å². The lowest BCUT2D eigenvalue weighted by Gasteiger charge is -2.32. The van der Waals surface area contributed by atoms with Crippen molar-refractivity contribution in [2.45, 2.75) is 32.4 Å². The second-order valence-electron chi connectivity index (χ2n) is 5.40. The van der Waals surface area contributed by atoms with Gasteiger partial charge < -0.3 is 15.2 Å². The highest BCUT2D eigenvalue weighted by Gasteiger charge is 2.18. The molecule has 0 saturated carbocycles. The number of nitrogens with two attached hydrogens (primary N) is 1. The lowest BCUT2D eigenvalue weighted by atomic mass is 10.2. The lowest BCUT2D eigenvalue weighted by Crippen LogP contribution is -2.43. The first-order valence-electron chi connectivity index (χ1n) is 7.60. The molecule has 1 aromatic rings. The number of hydrogen-bond donors (Lipinski definition) is 1. The average molecular weight is 310 g/mol. The molecule has 22 heavy (non-hydrogen) atoms. The van der Waals surface area contributed by atoms with Crippen LogP contribution in [0.1, 0.15) is 20.3 Å². The van der Waals surface area contributed by atoms with E-state index in [2.05, 4.69) is 18.7 Å². The van der Waals surface area contributed by atoms with Gasteiger partial charge in [0.25, 0.3) is 0 Å². The molecule has 0 aliphatic rings. The molecule has 0 aromatic heterocycles. The molecule has 2 N–H and O–H groups in total. The Morgan fingerprint density at radius 1 is 1.27 bits per heavy atom. The molecular formula is C17H27FN2O2. The average Bonchev–Trinajstić information content (AvgIpc) is 2.48. The van der Waals surface area contributed by atoms with Crippen LogP contribution >= 0.6 is 0 Å². The summed E-state index contributed by atoms with van der Waals surface area (Å²) in [5.41, 5.74) is 5.52. The monoisotopic (exact) mass is 310 g/mol. The number of hydrogen-bond acceptors (Lipinski definition) is 4. The van der Waals surface area contributed by atoms with Gasteiger partial charge in [-0.2, -0.15) is 0 Å². The Morgan fingerprint density at radius 2 is 1.95 bits per heavy atom. The molecule has 4 nitrogen and oxygen atoms in total. The normalized spacial score (nSPS) is 13.2. The molecule has 0 aliphatic heterocycles. The molecule has 1 aromatic carbocycles. The van der Waals surface area contributed by atoms with Crippen molar-refractivity contribution >= 4 is 0 Å². The van der Waals surface area contributed by atoms with Crippen LogP contribution in [0.5, 0.6) is 5.75 Å². The summed E-state index contributed by atoms with van der Waals surface area (Å²) < 4.78 is 23.7. The van der Waals surface area contributed by atoms with Crippen LogP contribution in [0.2, 0.25) is 0 Å². The summed E-state index contributed by atoms with van der Waals surface area (Å²) in [5.74, 6) is 0.433. The van der Waals surface area contributed by atoms with Crippen molar-refractivity contribution in [3.8, 4) is 5.75 Å². The summed E-state index contributed by atoms with van der Waals surface area (Å²) in [6, 6.07) is 6.61. The number of rotatable bonds is 10. The largest absolute Gasteiger partial charge is 0.494 e. The Kier molecular flexibility index (Phi) is 8.55. The fourth-order valence-electron chi connectivity index (χ4n) is 2.34. The Bertz CT molecular complexity index is 435. The van der Waals surface area contributed by atoms with E-state index in [1.54, 1.807) is 25.4 Å². The van der Waals surface area contributed by atoms with E-state index in [1.165, 1.54) is 12.1 Å². The minimum absolute atomic E-state index is 0.154. The Labute approximate surface area is 132 Å². The summed E-state index contributed by atoms with van der Waals surface area (Å²) in [5, 5.41) is 0. The molecule has 0 saturated heterocycles. The van der Waals surface area contributed by atoms with Gasteiger partial charge in [0.05, 0.1) is 19.3 Å². The summed E-state index contributed by atoms with van der Waals surface area (Å²) >= 11 is 0. The van der Waals surface area contributed by atoms with Crippen LogP contribution < -0.4 is 10.5 Å². The first-order valence-corrected chi connectivity index (χ1v) is 7.60. The predicted molar refractivity (Wildman–Crippen MR) is 87.3 cm³/mol. The number of nitrogens with zero attached hydrogens (tertiary/aromatic N) is 1. The molecule has 0 fully saturated rings. The van der Waals surface area contributed by atoms with Crippen LogP contribution in [0.3, 0.4) is 0 Å². The van der Waals surface area contributed by atoms with E-state index >= 15 is 0 Å². The highest BCUT2D eigenvalue weighted by atomic mass is 19.1. The lowest BCUT2D eigenvalue weighted by molar-refractivity contribution is 0.0887. The molecule has 1 rings (SSSR count). The van der Waals surface area contributed by atoms with Gasteiger partial charge in [0.15, 0.2) is 0 Å². The summed E-state index contributed by atoms with van der Waals surface area (Å²) in [6.45, 7) is 6.35. The highest BCUT2D eigenvalue weighted by Crippen LogP contribution is 2.12. The van der Waals surface area contributed by atoms with Crippen LogP contribution in [-0.2, 0) is 4.74 Å². The minimum atomic E-state index is -0.255. The summed E-state index contributed by atoms with van der Waals surface area (Å²) in [7, 11) is 1.69. The van der Waals surface area contributed by atoms with E-state index in [4.69, 9.17) is 15.2 Å². The molecule has 124 valence electrons. The van der Waals surface area contributed by atoms with Crippen molar-refractivity contribution < 1.29 is 13.9 Å². The number of ether oxygens (including phenoxy) is 2. The first kappa shape index (κ1) is 18.5.